The Hall–Kier alpha value is -1.31. The lowest BCUT2D eigenvalue weighted by molar-refractivity contribution is 0.174. The third-order valence-electron chi connectivity index (χ3n) is 2.55. The van der Waals surface area contributed by atoms with Crippen molar-refractivity contribution in [1.29, 1.82) is 0 Å². The molecule has 1 aliphatic rings. The van der Waals surface area contributed by atoms with E-state index in [-0.39, 0.29) is 12.8 Å². The van der Waals surface area contributed by atoms with E-state index >= 15 is 0 Å². The number of hydrogen-bond donors (Lipinski definition) is 1. The zero-order valence-electron chi connectivity index (χ0n) is 9.41. The molecule has 18 heavy (non-hydrogen) atoms. The van der Waals surface area contributed by atoms with Gasteiger partial charge in [0.25, 0.3) is 0 Å². The van der Waals surface area contributed by atoms with Gasteiger partial charge in [-0.1, -0.05) is 29.2 Å². The first-order chi connectivity index (χ1) is 8.83. The van der Waals surface area contributed by atoms with Crippen molar-refractivity contribution < 1.29 is 9.47 Å². The summed E-state index contributed by atoms with van der Waals surface area (Å²) in [6, 6.07) is 5.74. The highest BCUT2D eigenvalue weighted by molar-refractivity contribution is 8.01. The summed E-state index contributed by atoms with van der Waals surface area (Å²) in [4.78, 5) is 0. The second-order valence-electron chi connectivity index (χ2n) is 3.73. The van der Waals surface area contributed by atoms with Crippen LogP contribution in [0, 0.1) is 0 Å². The van der Waals surface area contributed by atoms with Crippen molar-refractivity contribution in [2.45, 2.75) is 10.4 Å². The Kier molecular flexibility index (Phi) is 3.35. The van der Waals surface area contributed by atoms with Crippen molar-refractivity contribution in [2.75, 3.05) is 12.5 Å². The van der Waals surface area contributed by atoms with Crippen molar-refractivity contribution in [2.24, 2.45) is 5.73 Å². The van der Waals surface area contributed by atoms with Crippen LogP contribution >= 0.6 is 23.1 Å². The Morgan fingerprint density at radius 1 is 1.39 bits per heavy atom. The van der Waals surface area contributed by atoms with Gasteiger partial charge >= 0.3 is 0 Å². The van der Waals surface area contributed by atoms with Gasteiger partial charge in [0, 0.05) is 11.8 Å². The topological polar surface area (TPSA) is 70.3 Å². The van der Waals surface area contributed by atoms with E-state index in [0.29, 0.717) is 0 Å². The van der Waals surface area contributed by atoms with Gasteiger partial charge in [-0.15, -0.1) is 10.2 Å². The summed E-state index contributed by atoms with van der Waals surface area (Å²) in [5, 5.41) is 7.76. The average Bonchev–Trinajstić information content (AvgIpc) is 3.05. The van der Waals surface area contributed by atoms with Crippen LogP contribution in [0.4, 0.5) is 0 Å². The maximum absolute atomic E-state index is 6.14. The molecule has 1 aromatic heterocycles. The first-order valence-corrected chi connectivity index (χ1v) is 7.23. The Balaban J connectivity index is 1.67. The minimum atomic E-state index is -0.0617. The molecule has 1 aromatic carbocycles. The second kappa shape index (κ2) is 5.13. The van der Waals surface area contributed by atoms with Gasteiger partial charge in [-0.2, -0.15) is 0 Å². The lowest BCUT2D eigenvalue weighted by Gasteiger charge is -2.11. The fraction of sp³-hybridized carbons (Fsp3) is 0.273. The Morgan fingerprint density at radius 3 is 3.11 bits per heavy atom. The van der Waals surface area contributed by atoms with Gasteiger partial charge in [-0.3, -0.25) is 0 Å². The molecule has 1 unspecified atom stereocenters. The van der Waals surface area contributed by atoms with Crippen LogP contribution in [-0.4, -0.2) is 22.7 Å². The van der Waals surface area contributed by atoms with E-state index in [1.807, 2.05) is 18.2 Å². The molecule has 94 valence electrons. The summed E-state index contributed by atoms with van der Waals surface area (Å²) in [7, 11) is 0. The van der Waals surface area contributed by atoms with Crippen LogP contribution in [-0.2, 0) is 0 Å². The third kappa shape index (κ3) is 2.43. The summed E-state index contributed by atoms with van der Waals surface area (Å²) in [6.07, 6.45) is 0. The Labute approximate surface area is 112 Å². The molecule has 0 aliphatic carbocycles. The van der Waals surface area contributed by atoms with E-state index < -0.39 is 0 Å². The summed E-state index contributed by atoms with van der Waals surface area (Å²) in [5.74, 6) is 2.31. The highest BCUT2D eigenvalue weighted by Crippen LogP contribution is 2.34. The van der Waals surface area contributed by atoms with Crippen LogP contribution in [0.3, 0.4) is 0 Å². The fourth-order valence-corrected chi connectivity index (χ4v) is 3.13. The number of nitrogens with two attached hydrogens (primary N) is 1. The molecule has 0 radical (unpaired) electrons. The smallest absolute Gasteiger partial charge is 0.231 e. The van der Waals surface area contributed by atoms with Crippen molar-refractivity contribution >= 4 is 23.1 Å². The van der Waals surface area contributed by atoms with Gasteiger partial charge in [0.05, 0.1) is 0 Å². The molecule has 3 rings (SSSR count). The number of nitrogens with zero attached hydrogens (tertiary/aromatic N) is 2. The average molecular weight is 281 g/mol. The van der Waals surface area contributed by atoms with E-state index in [0.717, 1.165) is 27.2 Å². The Bertz CT molecular complexity index is 533. The lowest BCUT2D eigenvalue weighted by Crippen LogP contribution is -2.12. The van der Waals surface area contributed by atoms with Crippen LogP contribution in [0.1, 0.15) is 11.6 Å². The quantitative estimate of drug-likeness (QED) is 0.865. The van der Waals surface area contributed by atoms with E-state index in [9.17, 15) is 0 Å². The maximum atomic E-state index is 6.14. The first kappa shape index (κ1) is 11.8. The molecular formula is C11H11N3O2S2. The predicted octanol–water partition coefficient (Wildman–Crippen LogP) is 2.06. The van der Waals surface area contributed by atoms with Crippen molar-refractivity contribution in [1.82, 2.24) is 10.2 Å². The standard InChI is InChI=1S/C11H11N3O2S2/c12-8(4-17-11-14-13-5-18-11)7-1-2-9-10(3-7)16-6-15-9/h1-3,5,8H,4,6,12H2. The molecule has 0 spiro atoms. The maximum Gasteiger partial charge on any atom is 0.231 e. The molecule has 0 bridgehead atoms. The van der Waals surface area contributed by atoms with Crippen molar-refractivity contribution in [3.63, 3.8) is 0 Å². The largest absolute Gasteiger partial charge is 0.454 e. The number of aromatic nitrogens is 2. The third-order valence-corrected chi connectivity index (χ3v) is 4.53. The zero-order valence-corrected chi connectivity index (χ0v) is 11.0. The van der Waals surface area contributed by atoms with Gasteiger partial charge in [-0.25, -0.2) is 0 Å². The van der Waals surface area contributed by atoms with Gasteiger partial charge in [-0.05, 0) is 17.7 Å². The second-order valence-corrected chi connectivity index (χ2v) is 5.84. The van der Waals surface area contributed by atoms with Gasteiger partial charge in [0.1, 0.15) is 5.51 Å². The number of hydrogen-bond acceptors (Lipinski definition) is 7. The summed E-state index contributed by atoms with van der Waals surface area (Å²) in [6.45, 7) is 0.285. The van der Waals surface area contributed by atoms with Crippen LogP contribution < -0.4 is 15.2 Å². The molecule has 0 amide bonds. The van der Waals surface area contributed by atoms with Crippen LogP contribution in [0.5, 0.6) is 11.5 Å². The van der Waals surface area contributed by atoms with E-state index in [1.54, 1.807) is 17.3 Å². The van der Waals surface area contributed by atoms with E-state index in [1.165, 1.54) is 11.3 Å². The molecule has 0 saturated carbocycles. The lowest BCUT2D eigenvalue weighted by atomic mass is 10.1. The predicted molar refractivity (Wildman–Crippen MR) is 70.1 cm³/mol. The van der Waals surface area contributed by atoms with E-state index in [4.69, 9.17) is 15.2 Å². The normalized spacial score (nSPS) is 14.7. The van der Waals surface area contributed by atoms with Crippen LogP contribution in [0.25, 0.3) is 0 Å². The number of benzene rings is 1. The highest BCUT2D eigenvalue weighted by Gasteiger charge is 2.16. The van der Waals surface area contributed by atoms with Crippen LogP contribution in [0.2, 0.25) is 0 Å². The summed E-state index contributed by atoms with van der Waals surface area (Å²) < 4.78 is 11.5. The minimum Gasteiger partial charge on any atom is -0.454 e. The zero-order chi connectivity index (χ0) is 12.4. The van der Waals surface area contributed by atoms with Gasteiger partial charge in [0.15, 0.2) is 15.8 Å². The first-order valence-electron chi connectivity index (χ1n) is 5.37. The molecule has 2 heterocycles. The summed E-state index contributed by atoms with van der Waals surface area (Å²) in [5.41, 5.74) is 8.90. The van der Waals surface area contributed by atoms with Crippen molar-refractivity contribution in [3.8, 4) is 11.5 Å². The number of rotatable bonds is 4. The molecule has 0 saturated heterocycles. The monoisotopic (exact) mass is 281 g/mol. The molecule has 1 atom stereocenters. The SMILES string of the molecule is NC(CSc1nncs1)c1ccc2c(c1)OCO2. The molecule has 5 nitrogen and oxygen atoms in total. The minimum absolute atomic E-state index is 0.0617. The molecule has 0 fully saturated rings. The van der Waals surface area contributed by atoms with Crippen LogP contribution in [0.15, 0.2) is 28.0 Å². The fourth-order valence-electron chi connectivity index (χ4n) is 1.63. The number of thioether (sulfide) groups is 1. The van der Waals surface area contributed by atoms with Crippen molar-refractivity contribution in [3.05, 3.63) is 29.3 Å². The molecule has 1 aliphatic heterocycles. The number of ether oxygens (including phenoxy) is 2. The highest BCUT2D eigenvalue weighted by atomic mass is 32.2. The molecule has 2 aromatic rings. The molecule has 2 N–H and O–H groups in total. The Morgan fingerprint density at radius 2 is 2.28 bits per heavy atom. The van der Waals surface area contributed by atoms with Gasteiger partial charge in [0.2, 0.25) is 6.79 Å². The molecular weight excluding hydrogens is 270 g/mol. The number of fused-ring (bicyclic) bond motifs is 1. The molecule has 7 heteroatoms. The summed E-state index contributed by atoms with van der Waals surface area (Å²) >= 11 is 3.13. The van der Waals surface area contributed by atoms with Gasteiger partial charge < -0.3 is 15.2 Å². The van der Waals surface area contributed by atoms with E-state index in [2.05, 4.69) is 10.2 Å².